The molecular weight excluding hydrogens is 458 g/mol. The number of carbonyl (C=O) groups is 2. The van der Waals surface area contributed by atoms with Crippen molar-refractivity contribution in [3.63, 3.8) is 0 Å². The molecule has 1 N–H and O–H groups in total. The number of nitrogens with zero attached hydrogens (tertiary/aromatic N) is 2. The second-order valence-corrected chi connectivity index (χ2v) is 10.3. The van der Waals surface area contributed by atoms with Crippen molar-refractivity contribution < 1.29 is 9.59 Å². The highest BCUT2D eigenvalue weighted by Gasteiger charge is 2.26. The Bertz CT molecular complexity index is 1170. The summed E-state index contributed by atoms with van der Waals surface area (Å²) in [4.78, 5) is 30.9. The summed E-state index contributed by atoms with van der Waals surface area (Å²) in [5.41, 5.74) is 4.98. The number of amides is 2. The first-order valence-corrected chi connectivity index (χ1v) is 13.4. The van der Waals surface area contributed by atoms with Gasteiger partial charge in [-0.05, 0) is 54.2 Å². The quantitative estimate of drug-likeness (QED) is 0.343. The molecule has 4 rings (SSSR count). The van der Waals surface area contributed by atoms with Gasteiger partial charge in [-0.15, -0.1) is 0 Å². The van der Waals surface area contributed by atoms with E-state index in [1.54, 1.807) is 0 Å². The third-order valence-corrected chi connectivity index (χ3v) is 7.35. The molecule has 0 radical (unpaired) electrons. The van der Waals surface area contributed by atoms with Crippen LogP contribution >= 0.6 is 0 Å². The zero-order valence-corrected chi connectivity index (χ0v) is 22.3. The zero-order valence-electron chi connectivity index (χ0n) is 22.3. The molecule has 0 aliphatic heterocycles. The molecule has 0 heterocycles. The normalized spacial score (nSPS) is 14.2. The second-order valence-electron chi connectivity index (χ2n) is 10.3. The summed E-state index contributed by atoms with van der Waals surface area (Å²) >= 11 is 0. The maximum Gasteiger partial charge on any atom is 0.230 e. The van der Waals surface area contributed by atoms with Crippen molar-refractivity contribution >= 4 is 23.2 Å². The fourth-order valence-corrected chi connectivity index (χ4v) is 5.34. The maximum atomic E-state index is 14.0. The van der Waals surface area contributed by atoms with Gasteiger partial charge < -0.3 is 15.1 Å². The maximum absolute atomic E-state index is 14.0. The van der Waals surface area contributed by atoms with Crippen LogP contribution in [-0.2, 0) is 22.7 Å². The van der Waals surface area contributed by atoms with Crippen molar-refractivity contribution in [3.8, 4) is 0 Å². The van der Waals surface area contributed by atoms with E-state index in [2.05, 4.69) is 29.3 Å². The number of nitrogens with one attached hydrogen (secondary N) is 1. The molecule has 0 saturated heterocycles. The molecular formula is C32H39N3O2. The summed E-state index contributed by atoms with van der Waals surface area (Å²) < 4.78 is 0. The van der Waals surface area contributed by atoms with Gasteiger partial charge in [0, 0.05) is 44.5 Å². The van der Waals surface area contributed by atoms with Crippen LogP contribution in [0.5, 0.6) is 0 Å². The van der Waals surface area contributed by atoms with Gasteiger partial charge in [0.15, 0.2) is 0 Å². The van der Waals surface area contributed by atoms with Crippen LogP contribution < -0.4 is 10.2 Å². The van der Waals surface area contributed by atoms with Crippen LogP contribution in [0.15, 0.2) is 78.9 Å². The lowest BCUT2D eigenvalue weighted by Gasteiger charge is -2.29. The van der Waals surface area contributed by atoms with E-state index in [0.29, 0.717) is 13.1 Å². The van der Waals surface area contributed by atoms with Crippen molar-refractivity contribution in [1.29, 1.82) is 0 Å². The Hall–Kier alpha value is -3.60. The Kier molecular flexibility index (Phi) is 8.99. The average molecular weight is 498 g/mol. The minimum atomic E-state index is -0.210. The highest BCUT2D eigenvalue weighted by Crippen LogP contribution is 2.30. The Balaban J connectivity index is 1.64. The molecule has 3 aromatic rings. The summed E-state index contributed by atoms with van der Waals surface area (Å²) in [6, 6.07) is 26.2. The van der Waals surface area contributed by atoms with Crippen LogP contribution in [0.3, 0.4) is 0 Å². The smallest absolute Gasteiger partial charge is 0.230 e. The van der Waals surface area contributed by atoms with E-state index in [9.17, 15) is 9.59 Å². The van der Waals surface area contributed by atoms with Crippen LogP contribution in [0.1, 0.15) is 61.6 Å². The monoisotopic (exact) mass is 497 g/mol. The Morgan fingerprint density at radius 1 is 0.892 bits per heavy atom. The average Bonchev–Trinajstić information content (AvgIpc) is 3.45. The van der Waals surface area contributed by atoms with E-state index in [1.807, 2.05) is 85.7 Å². The van der Waals surface area contributed by atoms with E-state index < -0.39 is 0 Å². The van der Waals surface area contributed by atoms with Crippen molar-refractivity contribution in [2.45, 2.75) is 58.0 Å². The molecule has 1 aliphatic carbocycles. The van der Waals surface area contributed by atoms with Crippen molar-refractivity contribution in [3.05, 3.63) is 95.6 Å². The molecule has 1 unspecified atom stereocenters. The lowest BCUT2D eigenvalue weighted by molar-refractivity contribution is -0.134. The predicted molar refractivity (Wildman–Crippen MR) is 152 cm³/mol. The van der Waals surface area contributed by atoms with Crippen LogP contribution in [0.4, 0.5) is 11.4 Å². The highest BCUT2D eigenvalue weighted by atomic mass is 16.2. The van der Waals surface area contributed by atoms with Gasteiger partial charge in [0.2, 0.25) is 11.8 Å². The van der Waals surface area contributed by atoms with Gasteiger partial charge in [-0.25, -0.2) is 0 Å². The van der Waals surface area contributed by atoms with E-state index in [-0.39, 0.29) is 23.7 Å². The lowest BCUT2D eigenvalue weighted by Crippen LogP contribution is -2.34. The minimum absolute atomic E-state index is 0.101. The Morgan fingerprint density at radius 2 is 1.54 bits per heavy atom. The van der Waals surface area contributed by atoms with Crippen LogP contribution in [-0.4, -0.2) is 30.8 Å². The molecule has 1 aliphatic rings. The Morgan fingerprint density at radius 3 is 2.16 bits per heavy atom. The van der Waals surface area contributed by atoms with E-state index in [4.69, 9.17) is 0 Å². The number of carbonyl (C=O) groups excluding carboxylic acids is 2. The molecule has 2 amide bonds. The molecule has 1 atom stereocenters. The molecule has 1 saturated carbocycles. The van der Waals surface area contributed by atoms with Gasteiger partial charge in [-0.2, -0.15) is 0 Å². The minimum Gasteiger partial charge on any atom is -0.377 e. The molecule has 37 heavy (non-hydrogen) atoms. The number of hydrogen-bond acceptors (Lipinski definition) is 3. The van der Waals surface area contributed by atoms with Gasteiger partial charge in [0.05, 0.1) is 5.92 Å². The summed E-state index contributed by atoms with van der Waals surface area (Å²) in [5.74, 6) is 0.110. The molecule has 194 valence electrons. The number of anilines is 2. The van der Waals surface area contributed by atoms with Crippen molar-refractivity contribution in [1.82, 2.24) is 4.90 Å². The predicted octanol–water partition coefficient (Wildman–Crippen LogP) is 6.60. The Labute approximate surface area is 221 Å². The molecule has 1 fully saturated rings. The standard InChI is InChI=1S/C32H39N3O2/c1-4-29(25-15-9-6-10-16-25)32(37)35(22-24-13-7-5-8-14-24)23-27-21-28(19-20-30(27)34(2)3)33-31(36)26-17-11-12-18-26/h5-10,13-16,19-21,26,29H,4,11-12,17-18,22-23H2,1-3H3,(H,33,36). The zero-order chi connectivity index (χ0) is 26.2. The topological polar surface area (TPSA) is 52.7 Å². The number of benzene rings is 3. The van der Waals surface area contributed by atoms with Gasteiger partial charge in [0.25, 0.3) is 0 Å². The third-order valence-electron chi connectivity index (χ3n) is 7.35. The van der Waals surface area contributed by atoms with Crippen LogP contribution in [0.25, 0.3) is 0 Å². The first kappa shape index (κ1) is 26.5. The SMILES string of the molecule is CCC(C(=O)N(Cc1ccccc1)Cc1cc(NC(=O)C2CCCC2)ccc1N(C)C)c1ccccc1. The summed E-state index contributed by atoms with van der Waals surface area (Å²) in [5, 5.41) is 3.14. The molecule has 5 heteroatoms. The van der Waals surface area contributed by atoms with Crippen molar-refractivity contribution in [2.24, 2.45) is 5.92 Å². The fraction of sp³-hybridized carbons (Fsp3) is 0.375. The second kappa shape index (κ2) is 12.6. The molecule has 0 aromatic heterocycles. The molecule has 5 nitrogen and oxygen atoms in total. The fourth-order valence-electron chi connectivity index (χ4n) is 5.34. The van der Waals surface area contributed by atoms with Gasteiger partial charge in [-0.1, -0.05) is 80.4 Å². The molecule has 0 spiro atoms. The van der Waals surface area contributed by atoms with E-state index >= 15 is 0 Å². The van der Waals surface area contributed by atoms with Gasteiger partial charge in [-0.3, -0.25) is 9.59 Å². The first-order valence-electron chi connectivity index (χ1n) is 13.4. The summed E-state index contributed by atoms with van der Waals surface area (Å²) in [7, 11) is 4.02. The number of hydrogen-bond donors (Lipinski definition) is 1. The summed E-state index contributed by atoms with van der Waals surface area (Å²) in [6.07, 6.45) is 4.91. The molecule has 0 bridgehead atoms. The lowest BCUT2D eigenvalue weighted by atomic mass is 9.94. The summed E-state index contributed by atoms with van der Waals surface area (Å²) in [6.45, 7) is 3.05. The molecule has 3 aromatic carbocycles. The number of rotatable bonds is 10. The van der Waals surface area contributed by atoms with E-state index in [1.165, 1.54) is 0 Å². The van der Waals surface area contributed by atoms with E-state index in [0.717, 1.165) is 60.2 Å². The largest absolute Gasteiger partial charge is 0.377 e. The van der Waals surface area contributed by atoms with Crippen LogP contribution in [0.2, 0.25) is 0 Å². The first-order chi connectivity index (χ1) is 18.0. The van der Waals surface area contributed by atoms with Gasteiger partial charge >= 0.3 is 0 Å². The third kappa shape index (κ3) is 6.79. The van der Waals surface area contributed by atoms with Gasteiger partial charge in [0.1, 0.15) is 0 Å². The van der Waals surface area contributed by atoms with Crippen molar-refractivity contribution in [2.75, 3.05) is 24.3 Å². The van der Waals surface area contributed by atoms with Crippen LogP contribution in [0, 0.1) is 5.92 Å². The highest BCUT2D eigenvalue weighted by molar-refractivity contribution is 5.93.